The summed E-state index contributed by atoms with van der Waals surface area (Å²) in [6.07, 6.45) is 9.97. The lowest BCUT2D eigenvalue weighted by molar-refractivity contribution is 0.00520. The predicted molar refractivity (Wildman–Crippen MR) is 148 cm³/mol. The predicted octanol–water partition coefficient (Wildman–Crippen LogP) is 5.36. The lowest BCUT2D eigenvalue weighted by Gasteiger charge is -2.38. The second-order valence-electron chi connectivity index (χ2n) is 10.3. The summed E-state index contributed by atoms with van der Waals surface area (Å²) in [6, 6.07) is 15.3. The molecule has 1 saturated heterocycles. The Morgan fingerprint density at radius 2 is 1.76 bits per heavy atom. The molecule has 0 bridgehead atoms. The van der Waals surface area contributed by atoms with Crippen LogP contribution in [-0.2, 0) is 11.3 Å². The Labute approximate surface area is 226 Å². The second kappa shape index (κ2) is 10.1. The van der Waals surface area contributed by atoms with Gasteiger partial charge in [-0.2, -0.15) is 5.10 Å². The molecule has 0 radical (unpaired) electrons. The van der Waals surface area contributed by atoms with Gasteiger partial charge in [-0.05, 0) is 49.4 Å². The Morgan fingerprint density at radius 1 is 0.947 bits per heavy atom. The van der Waals surface area contributed by atoms with E-state index in [-0.39, 0.29) is 0 Å². The van der Waals surface area contributed by atoms with Gasteiger partial charge in [0.15, 0.2) is 5.65 Å². The van der Waals surface area contributed by atoms with E-state index in [0.29, 0.717) is 18.6 Å². The van der Waals surface area contributed by atoms with Gasteiger partial charge in [-0.25, -0.2) is 19.6 Å². The summed E-state index contributed by atoms with van der Waals surface area (Å²) in [5, 5.41) is 6.89. The van der Waals surface area contributed by atoms with Gasteiger partial charge in [-0.3, -0.25) is 4.90 Å². The molecule has 194 valence electrons. The van der Waals surface area contributed by atoms with Gasteiger partial charge in [0.1, 0.15) is 12.0 Å². The minimum Gasteiger partial charge on any atom is -0.379 e. The number of benzene rings is 2. The fourth-order valence-electron chi connectivity index (χ4n) is 6.11. The van der Waals surface area contributed by atoms with E-state index in [1.165, 1.54) is 12.8 Å². The molecule has 0 N–H and O–H groups in total. The fraction of sp³-hybridized carbons (Fsp3) is 0.379. The molecule has 8 nitrogen and oxygen atoms in total. The van der Waals surface area contributed by atoms with Gasteiger partial charge in [0.05, 0.1) is 48.5 Å². The average Bonchev–Trinajstić information content (AvgIpc) is 3.56. The van der Waals surface area contributed by atoms with Crippen LogP contribution in [0, 0.1) is 0 Å². The van der Waals surface area contributed by atoms with Crippen molar-refractivity contribution in [3.05, 3.63) is 71.9 Å². The van der Waals surface area contributed by atoms with Crippen molar-refractivity contribution in [3.8, 4) is 11.3 Å². The maximum absolute atomic E-state index is 6.40. The van der Waals surface area contributed by atoms with Gasteiger partial charge < -0.3 is 9.30 Å². The van der Waals surface area contributed by atoms with E-state index in [4.69, 9.17) is 26.4 Å². The zero-order valence-corrected chi connectivity index (χ0v) is 22.0. The smallest absolute Gasteiger partial charge is 0.162 e. The topological polar surface area (TPSA) is 73.9 Å². The van der Waals surface area contributed by atoms with Crippen molar-refractivity contribution in [2.24, 2.45) is 0 Å². The molecular weight excluding hydrogens is 498 g/mol. The SMILES string of the molecule is Clc1ccccc1Cn1cnc2cc(-c3nn(C4CCC(N5CCOCC5)CC4)c4ncncc34)ccc21. The molecule has 0 amide bonds. The van der Waals surface area contributed by atoms with E-state index < -0.39 is 0 Å². The number of ether oxygens (including phenoxy) is 1. The molecule has 0 spiro atoms. The van der Waals surface area contributed by atoms with Crippen molar-refractivity contribution < 1.29 is 4.74 Å². The molecule has 9 heteroatoms. The number of hydrogen-bond donors (Lipinski definition) is 0. The first-order chi connectivity index (χ1) is 18.7. The normalized spacial score (nSPS) is 20.9. The van der Waals surface area contributed by atoms with Crippen molar-refractivity contribution in [2.45, 2.75) is 44.3 Å². The van der Waals surface area contributed by atoms with Crippen molar-refractivity contribution >= 4 is 33.7 Å². The Balaban J connectivity index is 1.17. The van der Waals surface area contributed by atoms with E-state index >= 15 is 0 Å². The first-order valence-electron chi connectivity index (χ1n) is 13.4. The summed E-state index contributed by atoms with van der Waals surface area (Å²) in [7, 11) is 0. The zero-order chi connectivity index (χ0) is 25.5. The van der Waals surface area contributed by atoms with Gasteiger partial charge in [0, 0.05) is 35.9 Å². The zero-order valence-electron chi connectivity index (χ0n) is 21.2. The molecule has 3 aromatic heterocycles. The van der Waals surface area contributed by atoms with Crippen LogP contribution in [0.1, 0.15) is 37.3 Å². The van der Waals surface area contributed by atoms with Crippen LogP contribution in [0.25, 0.3) is 33.3 Å². The summed E-state index contributed by atoms with van der Waals surface area (Å²) >= 11 is 6.40. The van der Waals surface area contributed by atoms with Crippen LogP contribution in [0.3, 0.4) is 0 Å². The summed E-state index contributed by atoms with van der Waals surface area (Å²) in [4.78, 5) is 16.3. The quantitative estimate of drug-likeness (QED) is 0.306. The van der Waals surface area contributed by atoms with Crippen LogP contribution in [0.2, 0.25) is 5.02 Å². The maximum Gasteiger partial charge on any atom is 0.162 e. The Morgan fingerprint density at radius 3 is 2.61 bits per heavy atom. The van der Waals surface area contributed by atoms with Gasteiger partial charge in [-0.1, -0.05) is 35.9 Å². The fourth-order valence-corrected chi connectivity index (χ4v) is 6.30. The summed E-state index contributed by atoms with van der Waals surface area (Å²) in [5.41, 5.74) is 5.92. The van der Waals surface area contributed by atoms with Crippen molar-refractivity contribution in [3.63, 3.8) is 0 Å². The molecule has 0 atom stereocenters. The number of halogens is 1. The second-order valence-corrected chi connectivity index (χ2v) is 10.7. The molecule has 1 aliphatic carbocycles. The number of nitrogens with zero attached hydrogens (tertiary/aromatic N) is 7. The highest BCUT2D eigenvalue weighted by atomic mass is 35.5. The van der Waals surface area contributed by atoms with Gasteiger partial charge in [0.2, 0.25) is 0 Å². The van der Waals surface area contributed by atoms with E-state index in [2.05, 4.69) is 48.4 Å². The monoisotopic (exact) mass is 527 g/mol. The van der Waals surface area contributed by atoms with Gasteiger partial charge in [-0.15, -0.1) is 0 Å². The number of rotatable bonds is 5. The standard InChI is InChI=1S/C29H30ClN7O/c30-25-4-2-1-3-21(25)17-36-19-33-26-15-20(5-10-27(26)36)28-24-16-31-18-32-29(24)37(34-28)23-8-6-22(7-9-23)35-11-13-38-14-12-35/h1-5,10,15-16,18-19,22-23H,6-9,11-14,17H2. The Hall–Kier alpha value is -3.33. The van der Waals surface area contributed by atoms with Crippen LogP contribution < -0.4 is 0 Å². The molecule has 1 aliphatic heterocycles. The number of morpholine rings is 1. The van der Waals surface area contributed by atoms with E-state index in [1.807, 2.05) is 30.7 Å². The lowest BCUT2D eigenvalue weighted by atomic mass is 9.90. The van der Waals surface area contributed by atoms with Crippen molar-refractivity contribution in [2.75, 3.05) is 26.3 Å². The minimum absolute atomic E-state index is 0.344. The van der Waals surface area contributed by atoms with Crippen LogP contribution in [0.4, 0.5) is 0 Å². The molecule has 1 saturated carbocycles. The minimum atomic E-state index is 0.344. The van der Waals surface area contributed by atoms with Crippen molar-refractivity contribution in [1.29, 1.82) is 0 Å². The van der Waals surface area contributed by atoms with Crippen LogP contribution >= 0.6 is 11.6 Å². The van der Waals surface area contributed by atoms with Crippen molar-refractivity contribution in [1.82, 2.24) is 34.2 Å². The number of imidazole rings is 1. The Bertz CT molecular complexity index is 1580. The molecule has 2 aromatic carbocycles. The van der Waals surface area contributed by atoms with Gasteiger partial charge >= 0.3 is 0 Å². The Kier molecular flexibility index (Phi) is 6.31. The maximum atomic E-state index is 6.40. The molecule has 2 aliphatic rings. The third kappa shape index (κ3) is 4.36. The van der Waals surface area contributed by atoms with Crippen LogP contribution in [0.5, 0.6) is 0 Å². The molecule has 7 rings (SSSR count). The molecule has 0 unspecified atom stereocenters. The number of aromatic nitrogens is 6. The summed E-state index contributed by atoms with van der Waals surface area (Å²) < 4.78 is 9.84. The summed E-state index contributed by atoms with van der Waals surface area (Å²) in [6.45, 7) is 4.48. The first kappa shape index (κ1) is 23.8. The van der Waals surface area contributed by atoms with E-state index in [1.54, 1.807) is 6.33 Å². The molecule has 38 heavy (non-hydrogen) atoms. The molecule has 2 fully saturated rings. The van der Waals surface area contributed by atoms with Crippen LogP contribution in [0.15, 0.2) is 61.3 Å². The van der Waals surface area contributed by atoms with Crippen LogP contribution in [-0.4, -0.2) is 66.5 Å². The van der Waals surface area contributed by atoms with E-state index in [0.717, 1.165) is 83.1 Å². The van der Waals surface area contributed by atoms with E-state index in [9.17, 15) is 0 Å². The molecule has 4 heterocycles. The summed E-state index contributed by atoms with van der Waals surface area (Å²) in [5.74, 6) is 0. The third-order valence-electron chi connectivity index (χ3n) is 8.14. The largest absolute Gasteiger partial charge is 0.379 e. The lowest BCUT2D eigenvalue weighted by Crippen LogP contribution is -2.45. The molecule has 5 aromatic rings. The molecular formula is C29H30ClN7O. The highest BCUT2D eigenvalue weighted by molar-refractivity contribution is 6.31. The highest BCUT2D eigenvalue weighted by Gasteiger charge is 2.29. The highest BCUT2D eigenvalue weighted by Crippen LogP contribution is 2.36. The van der Waals surface area contributed by atoms with Gasteiger partial charge in [0.25, 0.3) is 0 Å². The number of fused-ring (bicyclic) bond motifs is 2. The average molecular weight is 528 g/mol. The number of hydrogen-bond acceptors (Lipinski definition) is 6. The third-order valence-corrected chi connectivity index (χ3v) is 8.51. The first-order valence-corrected chi connectivity index (χ1v) is 13.8.